The number of carbonyl (C=O) groups excluding carboxylic acids is 2. The van der Waals surface area contributed by atoms with Crippen LogP contribution in [0.15, 0.2) is 36.5 Å². The summed E-state index contributed by atoms with van der Waals surface area (Å²) < 4.78 is 13.1. The lowest BCUT2D eigenvalue weighted by molar-refractivity contribution is -0.138. The van der Waals surface area contributed by atoms with Gasteiger partial charge in [-0.25, -0.2) is 4.79 Å². The molecule has 2 aliphatic heterocycles. The van der Waals surface area contributed by atoms with Gasteiger partial charge in [0.1, 0.15) is 11.4 Å². The number of nitrogens with one attached hydrogen (secondary N) is 2. The predicted octanol–water partition coefficient (Wildman–Crippen LogP) is 4.81. The van der Waals surface area contributed by atoms with Gasteiger partial charge in [-0.05, 0) is 83.6 Å². The average molecular weight is 495 g/mol. The smallest absolute Gasteiger partial charge is 0.407 e. The zero-order valence-corrected chi connectivity index (χ0v) is 21.8. The van der Waals surface area contributed by atoms with Crippen molar-refractivity contribution in [3.63, 3.8) is 0 Å². The van der Waals surface area contributed by atoms with Crippen LogP contribution in [-0.4, -0.2) is 53.3 Å². The van der Waals surface area contributed by atoms with Crippen molar-refractivity contribution >= 4 is 17.7 Å². The number of fused-ring (bicyclic) bond motifs is 4. The third-order valence-corrected chi connectivity index (χ3v) is 7.80. The number of amides is 2. The fraction of sp³-hybridized carbons (Fsp3) is 0.571. The first-order valence-electron chi connectivity index (χ1n) is 13.1. The fourth-order valence-corrected chi connectivity index (χ4v) is 5.96. The maximum absolute atomic E-state index is 13.4. The van der Waals surface area contributed by atoms with Crippen LogP contribution in [0.3, 0.4) is 0 Å². The number of carbonyl (C=O) groups is 2. The zero-order valence-electron chi connectivity index (χ0n) is 21.8. The number of hydrogen-bond donors (Lipinski definition) is 2. The molecule has 2 fully saturated rings. The molecule has 194 valence electrons. The van der Waals surface area contributed by atoms with E-state index in [1.807, 2.05) is 31.7 Å². The number of alkyl carbamates (subject to hydrolysis) is 1. The van der Waals surface area contributed by atoms with E-state index in [1.165, 1.54) is 5.69 Å². The lowest BCUT2D eigenvalue weighted by Gasteiger charge is -2.47. The number of aromatic nitrogens is 1. The van der Waals surface area contributed by atoms with E-state index >= 15 is 0 Å². The minimum absolute atomic E-state index is 0.0314. The van der Waals surface area contributed by atoms with Gasteiger partial charge in [-0.2, -0.15) is 0 Å². The summed E-state index contributed by atoms with van der Waals surface area (Å²) in [5.41, 5.74) is 2.73. The topological polar surface area (TPSA) is 84.8 Å². The van der Waals surface area contributed by atoms with Gasteiger partial charge in [0.25, 0.3) is 0 Å². The standard InChI is InChI=1S/C28H38N4O4/c1-27(2,3)36-26(34)29-20-9-7-19(8-10-20)25(33)31-16-13-28(14-17-31)24-6-5-15-32(24)23-12-11-21(35-4)18-22(23)30-28/h5-6,11-12,15,18-20,30H,7-10,13-14,16-17H2,1-4H3,(H,29,34). The summed E-state index contributed by atoms with van der Waals surface area (Å²) in [5.74, 6) is 1.12. The highest BCUT2D eigenvalue weighted by Gasteiger charge is 2.43. The molecule has 3 heterocycles. The molecule has 5 rings (SSSR count). The average Bonchev–Trinajstić information content (AvgIpc) is 3.34. The largest absolute Gasteiger partial charge is 0.497 e. The fourth-order valence-electron chi connectivity index (χ4n) is 5.96. The first-order valence-corrected chi connectivity index (χ1v) is 13.1. The highest BCUT2D eigenvalue weighted by Crippen LogP contribution is 2.44. The Kier molecular flexibility index (Phi) is 6.39. The molecule has 8 heteroatoms. The van der Waals surface area contributed by atoms with E-state index in [0.717, 1.165) is 68.7 Å². The first-order chi connectivity index (χ1) is 17.2. The number of nitrogens with zero attached hydrogens (tertiary/aromatic N) is 2. The van der Waals surface area contributed by atoms with Crippen LogP contribution in [0.25, 0.3) is 5.69 Å². The van der Waals surface area contributed by atoms with Crippen molar-refractivity contribution in [3.8, 4) is 11.4 Å². The van der Waals surface area contributed by atoms with Crippen molar-refractivity contribution in [2.45, 2.75) is 76.5 Å². The summed E-state index contributed by atoms with van der Waals surface area (Å²) in [6, 6.07) is 10.5. The molecule has 1 aromatic heterocycles. The Morgan fingerprint density at radius 2 is 1.81 bits per heavy atom. The van der Waals surface area contributed by atoms with Gasteiger partial charge in [0.15, 0.2) is 0 Å². The molecular weight excluding hydrogens is 456 g/mol. The Labute approximate surface area is 213 Å². The van der Waals surface area contributed by atoms with Crippen LogP contribution in [0.4, 0.5) is 10.5 Å². The van der Waals surface area contributed by atoms with E-state index in [4.69, 9.17) is 9.47 Å². The Balaban J connectivity index is 1.19. The molecule has 1 spiro atoms. The van der Waals surface area contributed by atoms with Crippen LogP contribution < -0.4 is 15.4 Å². The van der Waals surface area contributed by atoms with Gasteiger partial charge in [-0.15, -0.1) is 0 Å². The zero-order chi connectivity index (χ0) is 25.5. The molecule has 1 saturated heterocycles. The molecule has 36 heavy (non-hydrogen) atoms. The molecule has 2 amide bonds. The summed E-state index contributed by atoms with van der Waals surface area (Å²) in [6.07, 6.45) is 6.67. The molecule has 1 aliphatic carbocycles. The van der Waals surface area contributed by atoms with Crippen LogP contribution in [0.1, 0.15) is 65.0 Å². The molecule has 2 aromatic rings. The summed E-state index contributed by atoms with van der Waals surface area (Å²) in [6.45, 7) is 7.04. The van der Waals surface area contributed by atoms with E-state index in [0.29, 0.717) is 0 Å². The predicted molar refractivity (Wildman–Crippen MR) is 139 cm³/mol. The van der Waals surface area contributed by atoms with Crippen LogP contribution in [0, 0.1) is 5.92 Å². The van der Waals surface area contributed by atoms with Crippen LogP contribution in [0.5, 0.6) is 5.75 Å². The summed E-state index contributed by atoms with van der Waals surface area (Å²) in [7, 11) is 1.69. The maximum atomic E-state index is 13.4. The molecule has 3 aliphatic rings. The van der Waals surface area contributed by atoms with Gasteiger partial charge < -0.3 is 29.6 Å². The molecule has 8 nitrogen and oxygen atoms in total. The van der Waals surface area contributed by atoms with Gasteiger partial charge >= 0.3 is 6.09 Å². The van der Waals surface area contributed by atoms with Crippen LogP contribution in [-0.2, 0) is 15.1 Å². The Bertz CT molecular complexity index is 1120. The summed E-state index contributed by atoms with van der Waals surface area (Å²) >= 11 is 0. The number of methoxy groups -OCH3 is 1. The van der Waals surface area contributed by atoms with E-state index in [-0.39, 0.29) is 29.5 Å². The second kappa shape index (κ2) is 9.37. The minimum atomic E-state index is -0.508. The Morgan fingerprint density at radius 3 is 2.47 bits per heavy atom. The monoisotopic (exact) mass is 494 g/mol. The van der Waals surface area contributed by atoms with Gasteiger partial charge in [0, 0.05) is 43.0 Å². The van der Waals surface area contributed by atoms with Crippen LogP contribution >= 0.6 is 0 Å². The van der Waals surface area contributed by atoms with Crippen molar-refractivity contribution in [2.75, 3.05) is 25.5 Å². The lowest BCUT2D eigenvalue weighted by atomic mass is 9.81. The molecule has 0 bridgehead atoms. The summed E-state index contributed by atoms with van der Waals surface area (Å²) in [5, 5.41) is 6.79. The van der Waals surface area contributed by atoms with Crippen molar-refractivity contribution in [1.82, 2.24) is 14.8 Å². The van der Waals surface area contributed by atoms with Crippen molar-refractivity contribution < 1.29 is 19.1 Å². The normalized spacial score (nSPS) is 22.7. The number of ether oxygens (including phenoxy) is 2. The van der Waals surface area contributed by atoms with E-state index in [9.17, 15) is 9.59 Å². The Morgan fingerprint density at radius 1 is 1.08 bits per heavy atom. The highest BCUT2D eigenvalue weighted by molar-refractivity contribution is 5.79. The number of hydrogen-bond acceptors (Lipinski definition) is 5. The first kappa shape index (κ1) is 24.5. The number of likely N-dealkylation sites (tertiary alicyclic amines) is 1. The Hall–Kier alpha value is -3.16. The molecule has 1 saturated carbocycles. The van der Waals surface area contributed by atoms with Crippen LogP contribution in [0.2, 0.25) is 0 Å². The minimum Gasteiger partial charge on any atom is -0.497 e. The van der Waals surface area contributed by atoms with Crippen molar-refractivity contribution in [3.05, 3.63) is 42.2 Å². The third kappa shape index (κ3) is 4.77. The van der Waals surface area contributed by atoms with Crippen molar-refractivity contribution in [1.29, 1.82) is 0 Å². The highest BCUT2D eigenvalue weighted by atomic mass is 16.6. The molecule has 2 N–H and O–H groups in total. The second-order valence-corrected chi connectivity index (χ2v) is 11.4. The third-order valence-electron chi connectivity index (χ3n) is 7.80. The SMILES string of the molecule is COc1ccc2c(c1)NC1(CCN(C(=O)C3CCC(NC(=O)OC(C)(C)C)CC3)CC1)c1cccn1-2. The summed E-state index contributed by atoms with van der Waals surface area (Å²) in [4.78, 5) is 27.5. The van der Waals surface area contributed by atoms with E-state index < -0.39 is 5.60 Å². The maximum Gasteiger partial charge on any atom is 0.407 e. The van der Waals surface area contributed by atoms with Gasteiger partial charge in [-0.1, -0.05) is 0 Å². The number of rotatable bonds is 3. The van der Waals surface area contributed by atoms with E-state index in [1.54, 1.807) is 7.11 Å². The molecule has 0 atom stereocenters. The van der Waals surface area contributed by atoms with Gasteiger partial charge in [-0.3, -0.25) is 4.79 Å². The molecule has 0 radical (unpaired) electrons. The molecule has 0 unspecified atom stereocenters. The second-order valence-electron chi connectivity index (χ2n) is 11.4. The van der Waals surface area contributed by atoms with Gasteiger partial charge in [0.05, 0.1) is 24.0 Å². The van der Waals surface area contributed by atoms with Gasteiger partial charge in [0.2, 0.25) is 5.91 Å². The number of anilines is 1. The molecule has 1 aromatic carbocycles. The number of benzene rings is 1. The lowest BCUT2D eigenvalue weighted by Crippen LogP contribution is -2.52. The van der Waals surface area contributed by atoms with Crippen molar-refractivity contribution in [2.24, 2.45) is 5.92 Å². The van der Waals surface area contributed by atoms with E-state index in [2.05, 4.69) is 45.7 Å². The quantitative estimate of drug-likeness (QED) is 0.640. The molecular formula is C28H38N4O4. The number of piperidine rings is 1.